The second-order valence-corrected chi connectivity index (χ2v) is 5.98. The van der Waals surface area contributed by atoms with Crippen LogP contribution in [0.15, 0.2) is 18.2 Å². The minimum atomic E-state index is -3.32. The van der Waals surface area contributed by atoms with Crippen molar-refractivity contribution in [2.45, 2.75) is 13.0 Å². The first-order valence-electron chi connectivity index (χ1n) is 5.80. The van der Waals surface area contributed by atoms with E-state index in [0.717, 1.165) is 0 Å². The highest BCUT2D eigenvalue weighted by atomic mass is 32.2. The Labute approximate surface area is 113 Å². The third-order valence-electron chi connectivity index (χ3n) is 2.67. The molecule has 0 aromatic heterocycles. The molecule has 0 fully saturated rings. The van der Waals surface area contributed by atoms with Crippen molar-refractivity contribution in [1.82, 2.24) is 4.72 Å². The number of methoxy groups -OCH3 is 2. The van der Waals surface area contributed by atoms with Gasteiger partial charge in [-0.15, -0.1) is 0 Å². The van der Waals surface area contributed by atoms with Gasteiger partial charge < -0.3 is 14.6 Å². The SMILES string of the molecule is CCS(=O)(=O)NCC(O)c1ccc(OC)c(OC)c1. The molecule has 0 spiro atoms. The number of aliphatic hydroxyl groups excluding tert-OH is 1. The van der Waals surface area contributed by atoms with Gasteiger partial charge in [0.2, 0.25) is 10.0 Å². The van der Waals surface area contributed by atoms with Crippen LogP contribution in [0.4, 0.5) is 0 Å². The number of hydrogen-bond acceptors (Lipinski definition) is 5. The van der Waals surface area contributed by atoms with Crippen LogP contribution in [0, 0.1) is 0 Å². The fourth-order valence-corrected chi connectivity index (χ4v) is 2.10. The Morgan fingerprint density at radius 2 is 1.89 bits per heavy atom. The van der Waals surface area contributed by atoms with Crippen LogP contribution in [0.5, 0.6) is 11.5 Å². The molecule has 0 aliphatic rings. The molecule has 7 heteroatoms. The summed E-state index contributed by atoms with van der Waals surface area (Å²) in [5.74, 6) is 1.01. The fourth-order valence-electron chi connectivity index (χ4n) is 1.49. The molecule has 1 aromatic carbocycles. The maximum absolute atomic E-state index is 11.3. The van der Waals surface area contributed by atoms with E-state index in [-0.39, 0.29) is 12.3 Å². The zero-order valence-electron chi connectivity index (χ0n) is 11.2. The number of sulfonamides is 1. The molecule has 1 aromatic rings. The Morgan fingerprint density at radius 3 is 2.42 bits per heavy atom. The van der Waals surface area contributed by atoms with Crippen LogP contribution < -0.4 is 14.2 Å². The standard InChI is InChI=1S/C12H19NO5S/c1-4-19(15,16)13-8-10(14)9-5-6-11(17-2)12(7-9)18-3/h5-7,10,13-14H,4,8H2,1-3H3. The van der Waals surface area contributed by atoms with E-state index in [0.29, 0.717) is 17.1 Å². The van der Waals surface area contributed by atoms with E-state index in [1.54, 1.807) is 18.2 Å². The lowest BCUT2D eigenvalue weighted by Gasteiger charge is -2.14. The second-order valence-electron chi connectivity index (χ2n) is 3.88. The molecule has 2 N–H and O–H groups in total. The van der Waals surface area contributed by atoms with E-state index in [9.17, 15) is 13.5 Å². The van der Waals surface area contributed by atoms with Gasteiger partial charge in [0, 0.05) is 6.54 Å². The van der Waals surface area contributed by atoms with Crippen LogP contribution in [0.2, 0.25) is 0 Å². The van der Waals surface area contributed by atoms with Crippen molar-refractivity contribution in [3.63, 3.8) is 0 Å². The van der Waals surface area contributed by atoms with Gasteiger partial charge in [-0.3, -0.25) is 0 Å². The maximum Gasteiger partial charge on any atom is 0.211 e. The molecule has 6 nitrogen and oxygen atoms in total. The summed E-state index contributed by atoms with van der Waals surface area (Å²) >= 11 is 0. The summed E-state index contributed by atoms with van der Waals surface area (Å²) in [6.45, 7) is 1.46. The predicted octanol–water partition coefficient (Wildman–Crippen LogP) is 0.676. The summed E-state index contributed by atoms with van der Waals surface area (Å²) in [5, 5.41) is 9.94. The lowest BCUT2D eigenvalue weighted by Crippen LogP contribution is -2.29. The summed E-state index contributed by atoms with van der Waals surface area (Å²) in [7, 11) is -0.306. The zero-order chi connectivity index (χ0) is 14.5. The van der Waals surface area contributed by atoms with Gasteiger partial charge in [0.25, 0.3) is 0 Å². The Kier molecular flexibility index (Phi) is 5.59. The lowest BCUT2D eigenvalue weighted by molar-refractivity contribution is 0.181. The molecule has 0 heterocycles. The molecular weight excluding hydrogens is 270 g/mol. The molecule has 0 aliphatic carbocycles. The van der Waals surface area contributed by atoms with Gasteiger partial charge in [0.1, 0.15) is 0 Å². The quantitative estimate of drug-likeness (QED) is 0.771. The molecule has 1 rings (SSSR count). The summed E-state index contributed by atoms with van der Waals surface area (Å²) in [6.07, 6.45) is -0.943. The largest absolute Gasteiger partial charge is 0.493 e. The summed E-state index contributed by atoms with van der Waals surface area (Å²) < 4.78 is 35.1. The number of aliphatic hydroxyl groups is 1. The summed E-state index contributed by atoms with van der Waals surface area (Å²) in [4.78, 5) is 0. The third kappa shape index (κ3) is 4.38. The van der Waals surface area contributed by atoms with Gasteiger partial charge in [0.05, 0.1) is 26.1 Å². The van der Waals surface area contributed by atoms with Gasteiger partial charge >= 0.3 is 0 Å². The molecule has 0 radical (unpaired) electrons. The average molecular weight is 289 g/mol. The highest BCUT2D eigenvalue weighted by Crippen LogP contribution is 2.29. The summed E-state index contributed by atoms with van der Waals surface area (Å²) in [5.41, 5.74) is 0.552. The van der Waals surface area contributed by atoms with Gasteiger partial charge in [-0.25, -0.2) is 13.1 Å². The van der Waals surface area contributed by atoms with Crippen LogP contribution >= 0.6 is 0 Å². The average Bonchev–Trinajstić information content (AvgIpc) is 2.44. The smallest absolute Gasteiger partial charge is 0.211 e. The van der Waals surface area contributed by atoms with Crippen molar-refractivity contribution in [3.05, 3.63) is 23.8 Å². The first kappa shape index (κ1) is 15.7. The molecule has 1 unspecified atom stereocenters. The van der Waals surface area contributed by atoms with Crippen molar-refractivity contribution < 1.29 is 23.0 Å². The highest BCUT2D eigenvalue weighted by Gasteiger charge is 2.14. The molecule has 108 valence electrons. The minimum Gasteiger partial charge on any atom is -0.493 e. The zero-order valence-corrected chi connectivity index (χ0v) is 12.0. The number of hydrogen-bond donors (Lipinski definition) is 2. The van der Waals surface area contributed by atoms with E-state index in [2.05, 4.69) is 4.72 Å². The predicted molar refractivity (Wildman–Crippen MR) is 72.0 cm³/mol. The minimum absolute atomic E-state index is 0.0222. The second kappa shape index (κ2) is 6.74. The molecule has 1 atom stereocenters. The van der Waals surface area contributed by atoms with Gasteiger partial charge in [-0.2, -0.15) is 0 Å². The van der Waals surface area contributed by atoms with E-state index < -0.39 is 16.1 Å². The maximum atomic E-state index is 11.3. The van der Waals surface area contributed by atoms with Gasteiger partial charge in [-0.05, 0) is 24.6 Å². The normalized spacial score (nSPS) is 13.1. The van der Waals surface area contributed by atoms with Crippen LogP contribution in [0.3, 0.4) is 0 Å². The van der Waals surface area contributed by atoms with Gasteiger partial charge in [0.15, 0.2) is 11.5 Å². The topological polar surface area (TPSA) is 84.9 Å². The van der Waals surface area contributed by atoms with Crippen molar-refractivity contribution in [1.29, 1.82) is 0 Å². The van der Waals surface area contributed by atoms with Crippen molar-refractivity contribution in [2.75, 3.05) is 26.5 Å². The molecule has 0 bridgehead atoms. The number of ether oxygens (including phenoxy) is 2. The first-order chi connectivity index (χ1) is 8.93. The Balaban J connectivity index is 2.80. The molecule has 0 amide bonds. The van der Waals surface area contributed by atoms with E-state index in [4.69, 9.17) is 9.47 Å². The Hall–Kier alpha value is -1.31. The number of nitrogens with one attached hydrogen (secondary N) is 1. The highest BCUT2D eigenvalue weighted by molar-refractivity contribution is 7.89. The molecule has 0 saturated heterocycles. The fraction of sp³-hybridized carbons (Fsp3) is 0.500. The third-order valence-corrected chi connectivity index (χ3v) is 4.04. The van der Waals surface area contributed by atoms with Crippen LogP contribution in [-0.4, -0.2) is 40.0 Å². The first-order valence-corrected chi connectivity index (χ1v) is 7.46. The van der Waals surface area contributed by atoms with Crippen molar-refractivity contribution >= 4 is 10.0 Å². The Morgan fingerprint density at radius 1 is 1.26 bits per heavy atom. The number of rotatable bonds is 7. The van der Waals surface area contributed by atoms with E-state index >= 15 is 0 Å². The van der Waals surface area contributed by atoms with Crippen LogP contribution in [-0.2, 0) is 10.0 Å². The van der Waals surface area contributed by atoms with E-state index in [1.165, 1.54) is 21.1 Å². The van der Waals surface area contributed by atoms with E-state index in [1.807, 2.05) is 0 Å². The molecule has 0 aliphatic heterocycles. The Bertz CT molecular complexity index is 515. The molecular formula is C12H19NO5S. The monoisotopic (exact) mass is 289 g/mol. The molecule has 0 saturated carbocycles. The van der Waals surface area contributed by atoms with Crippen molar-refractivity contribution in [3.8, 4) is 11.5 Å². The lowest BCUT2D eigenvalue weighted by atomic mass is 10.1. The van der Waals surface area contributed by atoms with Crippen LogP contribution in [0.1, 0.15) is 18.6 Å². The number of benzene rings is 1. The van der Waals surface area contributed by atoms with Crippen molar-refractivity contribution in [2.24, 2.45) is 0 Å². The molecule has 19 heavy (non-hydrogen) atoms. The van der Waals surface area contributed by atoms with Gasteiger partial charge in [-0.1, -0.05) is 6.07 Å². The summed E-state index contributed by atoms with van der Waals surface area (Å²) in [6, 6.07) is 4.93. The van der Waals surface area contributed by atoms with Crippen LogP contribution in [0.25, 0.3) is 0 Å².